The zero-order valence-corrected chi connectivity index (χ0v) is 18.6. The van der Waals surface area contributed by atoms with Crippen molar-refractivity contribution in [1.82, 2.24) is 0 Å². The number of aryl methyl sites for hydroxylation is 2. The summed E-state index contributed by atoms with van der Waals surface area (Å²) in [5.74, 6) is 0.576. The van der Waals surface area contributed by atoms with E-state index in [0.717, 1.165) is 37.2 Å². The molecule has 33 heavy (non-hydrogen) atoms. The highest BCUT2D eigenvalue weighted by Gasteiger charge is 2.36. The van der Waals surface area contributed by atoms with Gasteiger partial charge in [0.15, 0.2) is 0 Å². The number of hydrogen-bond donors (Lipinski definition) is 0. The molecule has 0 saturated heterocycles. The van der Waals surface area contributed by atoms with Crippen LogP contribution in [0.5, 0.6) is 0 Å². The Morgan fingerprint density at radius 1 is 0.788 bits per heavy atom. The third kappa shape index (κ3) is 6.97. The predicted octanol–water partition coefficient (Wildman–Crippen LogP) is 9.11. The second-order valence-electron chi connectivity index (χ2n) is 9.12. The van der Waals surface area contributed by atoms with Crippen LogP contribution in [0.2, 0.25) is 0 Å². The van der Waals surface area contributed by atoms with Gasteiger partial charge in [0.25, 0.3) is 0 Å². The molecule has 2 aromatic carbocycles. The summed E-state index contributed by atoms with van der Waals surface area (Å²) in [6.07, 6.45) is -1.94. The van der Waals surface area contributed by atoms with Gasteiger partial charge in [0.1, 0.15) is 5.82 Å². The van der Waals surface area contributed by atoms with Crippen molar-refractivity contribution < 1.29 is 30.7 Å². The van der Waals surface area contributed by atoms with Crippen LogP contribution < -0.4 is 0 Å². The maximum absolute atomic E-state index is 14.7. The summed E-state index contributed by atoms with van der Waals surface area (Å²) in [5, 5.41) is 0. The minimum atomic E-state index is -4.89. The summed E-state index contributed by atoms with van der Waals surface area (Å²) in [7, 11) is 0. The molecule has 1 aliphatic rings. The Kier molecular flexibility index (Phi) is 8.12. The topological polar surface area (TPSA) is 0 Å². The summed E-state index contributed by atoms with van der Waals surface area (Å²) < 4.78 is 93.0. The lowest BCUT2D eigenvalue weighted by atomic mass is 9.77. The summed E-state index contributed by atoms with van der Waals surface area (Å²) in [6.45, 7) is 2.18. The van der Waals surface area contributed by atoms with Gasteiger partial charge in [0, 0.05) is 0 Å². The minimum absolute atomic E-state index is 0.0223. The third-order valence-corrected chi connectivity index (χ3v) is 6.69. The Bertz CT molecular complexity index is 887. The Hall–Kier alpha value is -2.05. The molecule has 2 aromatic rings. The Morgan fingerprint density at radius 3 is 1.91 bits per heavy atom. The van der Waals surface area contributed by atoms with Gasteiger partial charge in [0.2, 0.25) is 0 Å². The van der Waals surface area contributed by atoms with Gasteiger partial charge < -0.3 is 0 Å². The average Bonchev–Trinajstić information content (AvgIpc) is 2.76. The van der Waals surface area contributed by atoms with Crippen LogP contribution >= 0.6 is 0 Å². The monoisotopic (exact) mass is 474 g/mol. The minimum Gasteiger partial charge on any atom is -0.207 e. The number of rotatable bonds is 7. The molecule has 0 aromatic heterocycles. The van der Waals surface area contributed by atoms with Crippen molar-refractivity contribution in [2.75, 3.05) is 0 Å². The molecule has 7 heteroatoms. The van der Waals surface area contributed by atoms with E-state index in [2.05, 4.69) is 6.92 Å². The van der Waals surface area contributed by atoms with Crippen molar-refractivity contribution in [2.45, 2.75) is 83.0 Å². The van der Waals surface area contributed by atoms with Crippen LogP contribution in [0.3, 0.4) is 0 Å². The fraction of sp³-hybridized carbons (Fsp3) is 0.538. The molecule has 0 N–H and O–H groups in total. The van der Waals surface area contributed by atoms with Crippen molar-refractivity contribution in [2.24, 2.45) is 5.92 Å². The predicted molar refractivity (Wildman–Crippen MR) is 114 cm³/mol. The molecule has 0 bridgehead atoms. The average molecular weight is 475 g/mol. The molecule has 1 saturated carbocycles. The van der Waals surface area contributed by atoms with Gasteiger partial charge in [-0.1, -0.05) is 38.3 Å². The third-order valence-electron chi connectivity index (χ3n) is 6.69. The van der Waals surface area contributed by atoms with E-state index in [1.54, 1.807) is 6.07 Å². The van der Waals surface area contributed by atoms with Crippen molar-refractivity contribution in [3.05, 3.63) is 70.0 Å². The normalized spacial score (nSPS) is 19.6. The molecule has 0 spiro atoms. The van der Waals surface area contributed by atoms with Crippen LogP contribution in [0.15, 0.2) is 36.4 Å². The van der Waals surface area contributed by atoms with Crippen LogP contribution in [-0.4, -0.2) is 0 Å². The summed E-state index contributed by atoms with van der Waals surface area (Å²) in [5.41, 5.74) is -1.61. The molecule has 0 amide bonds. The molecule has 0 unspecified atom stereocenters. The van der Waals surface area contributed by atoms with Crippen molar-refractivity contribution in [3.63, 3.8) is 0 Å². The number of hydrogen-bond acceptors (Lipinski definition) is 0. The van der Waals surface area contributed by atoms with E-state index in [0.29, 0.717) is 23.6 Å². The van der Waals surface area contributed by atoms with Crippen LogP contribution in [0.4, 0.5) is 30.7 Å². The second-order valence-corrected chi connectivity index (χ2v) is 9.12. The fourth-order valence-electron chi connectivity index (χ4n) is 4.74. The molecular formula is C26H29F7. The van der Waals surface area contributed by atoms with E-state index in [-0.39, 0.29) is 24.5 Å². The lowest BCUT2D eigenvalue weighted by molar-refractivity contribution is -0.143. The van der Waals surface area contributed by atoms with Gasteiger partial charge in [-0.05, 0) is 91.3 Å². The van der Waals surface area contributed by atoms with Gasteiger partial charge in [-0.25, -0.2) is 4.39 Å². The number of halogens is 7. The molecule has 1 aliphatic carbocycles. The smallest absolute Gasteiger partial charge is 0.207 e. The first-order valence-electron chi connectivity index (χ1n) is 11.5. The van der Waals surface area contributed by atoms with Gasteiger partial charge in [-0.15, -0.1) is 0 Å². The van der Waals surface area contributed by atoms with Gasteiger partial charge >= 0.3 is 12.4 Å². The number of unbranched alkanes of at least 4 members (excludes halogenated alkanes) is 1. The summed E-state index contributed by atoms with van der Waals surface area (Å²) in [6, 6.07) is 6.47. The highest BCUT2D eigenvalue weighted by atomic mass is 19.4. The van der Waals surface area contributed by atoms with Crippen molar-refractivity contribution in [3.8, 4) is 0 Å². The summed E-state index contributed by atoms with van der Waals surface area (Å²) in [4.78, 5) is 0. The maximum Gasteiger partial charge on any atom is 0.416 e. The van der Waals surface area contributed by atoms with E-state index in [1.165, 1.54) is 25.3 Å². The van der Waals surface area contributed by atoms with E-state index >= 15 is 0 Å². The molecular weight excluding hydrogens is 445 g/mol. The van der Waals surface area contributed by atoms with E-state index in [9.17, 15) is 30.7 Å². The quantitative estimate of drug-likeness (QED) is 0.351. The molecule has 0 aliphatic heterocycles. The number of alkyl halides is 6. The van der Waals surface area contributed by atoms with Crippen LogP contribution in [0.25, 0.3) is 0 Å². The van der Waals surface area contributed by atoms with Crippen LogP contribution in [-0.2, 0) is 25.2 Å². The standard InChI is InChI=1S/C26H29F7/c1-2-3-4-17-5-8-19(9-6-17)21-12-11-20(24(27)15-21)10-7-18-13-22(25(28,29)30)16-23(14-18)26(31,32)33/h11-17,19H,2-10H2,1H3. The van der Waals surface area contributed by atoms with Gasteiger partial charge in [0.05, 0.1) is 11.1 Å². The molecule has 0 nitrogen and oxygen atoms in total. The van der Waals surface area contributed by atoms with Gasteiger partial charge in [-0.3, -0.25) is 0 Å². The molecule has 182 valence electrons. The highest BCUT2D eigenvalue weighted by molar-refractivity contribution is 5.35. The molecule has 1 fully saturated rings. The summed E-state index contributed by atoms with van der Waals surface area (Å²) >= 11 is 0. The van der Waals surface area contributed by atoms with Gasteiger partial charge in [-0.2, -0.15) is 26.3 Å². The van der Waals surface area contributed by atoms with E-state index < -0.39 is 29.3 Å². The largest absolute Gasteiger partial charge is 0.416 e. The molecule has 0 radical (unpaired) electrons. The SMILES string of the molecule is CCCCC1CCC(c2ccc(CCc3cc(C(F)(F)F)cc(C(F)(F)F)c3)c(F)c2)CC1. The lowest BCUT2D eigenvalue weighted by Gasteiger charge is -2.29. The second kappa shape index (κ2) is 10.5. The van der Waals surface area contributed by atoms with Crippen LogP contribution in [0.1, 0.15) is 85.6 Å². The Balaban J connectivity index is 1.68. The maximum atomic E-state index is 14.7. The first kappa shape index (κ1) is 25.6. The highest BCUT2D eigenvalue weighted by Crippen LogP contribution is 2.39. The number of benzene rings is 2. The Labute approximate surface area is 190 Å². The van der Waals surface area contributed by atoms with Crippen molar-refractivity contribution in [1.29, 1.82) is 0 Å². The zero-order chi connectivity index (χ0) is 24.2. The molecule has 0 heterocycles. The fourth-order valence-corrected chi connectivity index (χ4v) is 4.74. The van der Waals surface area contributed by atoms with Crippen molar-refractivity contribution >= 4 is 0 Å². The molecule has 0 atom stereocenters. The zero-order valence-electron chi connectivity index (χ0n) is 18.6. The first-order valence-corrected chi connectivity index (χ1v) is 11.5. The lowest BCUT2D eigenvalue weighted by Crippen LogP contribution is -2.14. The van der Waals surface area contributed by atoms with E-state index in [1.807, 2.05) is 6.07 Å². The first-order chi connectivity index (χ1) is 15.5. The van der Waals surface area contributed by atoms with Crippen LogP contribution in [0, 0.1) is 11.7 Å². The Morgan fingerprint density at radius 2 is 1.39 bits per heavy atom. The van der Waals surface area contributed by atoms with E-state index in [4.69, 9.17) is 0 Å². The molecule has 3 rings (SSSR count).